The molecule has 0 atom stereocenters. The Morgan fingerprint density at radius 2 is 2.10 bits per heavy atom. The van der Waals surface area contributed by atoms with Gasteiger partial charge in [-0.1, -0.05) is 36.2 Å². The fourth-order valence-corrected chi connectivity index (χ4v) is 2.30. The van der Waals surface area contributed by atoms with Crippen molar-refractivity contribution in [3.63, 3.8) is 0 Å². The van der Waals surface area contributed by atoms with E-state index in [9.17, 15) is 0 Å². The zero-order valence-corrected chi connectivity index (χ0v) is 13.0. The van der Waals surface area contributed by atoms with E-state index in [1.165, 1.54) is 0 Å². The van der Waals surface area contributed by atoms with Gasteiger partial charge >= 0.3 is 0 Å². The van der Waals surface area contributed by atoms with Crippen molar-refractivity contribution < 1.29 is 4.42 Å². The van der Waals surface area contributed by atoms with Crippen LogP contribution >= 0.6 is 23.2 Å². The van der Waals surface area contributed by atoms with Gasteiger partial charge in [0, 0.05) is 12.0 Å². The van der Waals surface area contributed by atoms with Gasteiger partial charge in [-0.2, -0.15) is 0 Å². The molecule has 0 aliphatic heterocycles. The topological polar surface area (TPSA) is 38.1 Å². The number of aryl methyl sites for hydroxylation is 1. The van der Waals surface area contributed by atoms with E-state index in [-0.39, 0.29) is 0 Å². The normalized spacial score (nSPS) is 10.9. The summed E-state index contributed by atoms with van der Waals surface area (Å²) in [7, 11) is 0. The van der Waals surface area contributed by atoms with E-state index >= 15 is 0 Å². The van der Waals surface area contributed by atoms with E-state index in [1.807, 2.05) is 12.1 Å². The van der Waals surface area contributed by atoms with E-state index in [4.69, 9.17) is 27.6 Å². The fourth-order valence-electron chi connectivity index (χ4n) is 1.91. The molecule has 1 N–H and O–H groups in total. The van der Waals surface area contributed by atoms with Crippen molar-refractivity contribution in [2.45, 2.75) is 26.2 Å². The van der Waals surface area contributed by atoms with Crippen molar-refractivity contribution in [1.29, 1.82) is 0 Å². The van der Waals surface area contributed by atoms with Crippen molar-refractivity contribution in [3.8, 4) is 11.3 Å². The van der Waals surface area contributed by atoms with Gasteiger partial charge in [-0.25, -0.2) is 4.98 Å². The second kappa shape index (κ2) is 7.67. The zero-order chi connectivity index (χ0) is 14.4. The maximum Gasteiger partial charge on any atom is 0.194 e. The smallest absolute Gasteiger partial charge is 0.194 e. The molecule has 2 rings (SSSR count). The van der Waals surface area contributed by atoms with Crippen LogP contribution in [0, 0.1) is 0 Å². The predicted molar refractivity (Wildman–Crippen MR) is 83.4 cm³/mol. The Labute approximate surface area is 129 Å². The van der Waals surface area contributed by atoms with Crippen LogP contribution in [0.1, 0.15) is 25.7 Å². The molecule has 0 amide bonds. The lowest BCUT2D eigenvalue weighted by atomic mass is 10.2. The van der Waals surface area contributed by atoms with Gasteiger partial charge in [-0.3, -0.25) is 0 Å². The summed E-state index contributed by atoms with van der Waals surface area (Å²) in [4.78, 5) is 4.28. The fraction of sp³-hybridized carbons (Fsp3) is 0.400. The Kier molecular flexibility index (Phi) is 5.89. The lowest BCUT2D eigenvalue weighted by Crippen LogP contribution is -2.16. The van der Waals surface area contributed by atoms with Crippen molar-refractivity contribution >= 4 is 23.2 Å². The third-order valence-electron chi connectivity index (χ3n) is 2.94. The maximum absolute atomic E-state index is 6.17. The third kappa shape index (κ3) is 3.98. The Bertz CT molecular complexity index is 555. The first-order valence-corrected chi connectivity index (χ1v) is 7.57. The minimum absolute atomic E-state index is 0.501. The number of benzene rings is 1. The Morgan fingerprint density at radius 1 is 1.25 bits per heavy atom. The summed E-state index contributed by atoms with van der Waals surface area (Å²) >= 11 is 12.2. The maximum atomic E-state index is 6.17. The van der Waals surface area contributed by atoms with Crippen LogP contribution < -0.4 is 5.32 Å². The highest BCUT2D eigenvalue weighted by molar-refractivity contribution is 6.43. The average Bonchev–Trinajstić information content (AvgIpc) is 2.90. The molecule has 0 saturated carbocycles. The summed E-state index contributed by atoms with van der Waals surface area (Å²) in [5.41, 5.74) is 0.780. The van der Waals surface area contributed by atoms with Crippen molar-refractivity contribution in [2.75, 3.05) is 13.1 Å². The number of hydrogen-bond donors (Lipinski definition) is 1. The number of rotatable bonds is 7. The Morgan fingerprint density at radius 3 is 2.90 bits per heavy atom. The molecule has 108 valence electrons. The van der Waals surface area contributed by atoms with Gasteiger partial charge in [-0.05, 0) is 38.1 Å². The van der Waals surface area contributed by atoms with Crippen LogP contribution in [0.15, 0.2) is 28.8 Å². The first-order chi connectivity index (χ1) is 9.72. The van der Waals surface area contributed by atoms with E-state index in [2.05, 4.69) is 17.2 Å². The van der Waals surface area contributed by atoms with E-state index < -0.39 is 0 Å². The lowest BCUT2D eigenvalue weighted by Gasteiger charge is -2.02. The predicted octanol–water partition coefficient (Wildman–Crippen LogP) is 4.58. The quantitative estimate of drug-likeness (QED) is 0.760. The molecule has 0 spiro atoms. The van der Waals surface area contributed by atoms with E-state index in [0.717, 1.165) is 43.8 Å². The van der Waals surface area contributed by atoms with Crippen molar-refractivity contribution in [1.82, 2.24) is 10.3 Å². The third-order valence-corrected chi connectivity index (χ3v) is 3.76. The van der Waals surface area contributed by atoms with Crippen LogP contribution in [0.3, 0.4) is 0 Å². The Balaban J connectivity index is 1.97. The molecule has 1 heterocycles. The molecule has 0 aliphatic rings. The lowest BCUT2D eigenvalue weighted by molar-refractivity contribution is 0.491. The van der Waals surface area contributed by atoms with E-state index in [1.54, 1.807) is 12.3 Å². The van der Waals surface area contributed by atoms with Gasteiger partial charge in [0.15, 0.2) is 11.7 Å². The highest BCUT2D eigenvalue weighted by Gasteiger charge is 2.11. The highest BCUT2D eigenvalue weighted by Crippen LogP contribution is 2.33. The van der Waals surface area contributed by atoms with Gasteiger partial charge in [0.2, 0.25) is 0 Å². The summed E-state index contributed by atoms with van der Waals surface area (Å²) in [6.45, 7) is 4.18. The molecule has 0 saturated heterocycles. The highest BCUT2D eigenvalue weighted by atomic mass is 35.5. The number of nitrogens with zero attached hydrogens (tertiary/aromatic N) is 1. The number of nitrogens with one attached hydrogen (secondary N) is 1. The van der Waals surface area contributed by atoms with Crippen LogP contribution in [0.25, 0.3) is 11.3 Å². The minimum atomic E-state index is 0.501. The molecule has 1 aromatic heterocycles. The molecule has 5 heteroatoms. The standard InChI is InChI=1S/C15H18Cl2N2O/c1-2-8-18-9-4-7-14-19-10-13(20-14)11-5-3-6-12(16)15(11)17/h3,5-6,10,18H,2,4,7-9H2,1H3. The number of oxazole rings is 1. The van der Waals surface area contributed by atoms with Crippen LogP contribution in [0.2, 0.25) is 10.0 Å². The van der Waals surface area contributed by atoms with Gasteiger partial charge in [0.25, 0.3) is 0 Å². The summed E-state index contributed by atoms with van der Waals surface area (Å²) in [6, 6.07) is 5.48. The Hall–Kier alpha value is -1.03. The summed E-state index contributed by atoms with van der Waals surface area (Å²) in [5, 5.41) is 4.37. The summed E-state index contributed by atoms with van der Waals surface area (Å²) in [6.07, 6.45) is 4.67. The SMILES string of the molecule is CCCNCCCc1ncc(-c2cccc(Cl)c2Cl)o1. The molecule has 0 bridgehead atoms. The first-order valence-electron chi connectivity index (χ1n) is 6.82. The van der Waals surface area contributed by atoms with Crippen LogP contribution in [0.4, 0.5) is 0 Å². The molecular weight excluding hydrogens is 295 g/mol. The van der Waals surface area contributed by atoms with Crippen molar-refractivity contribution in [2.24, 2.45) is 0 Å². The van der Waals surface area contributed by atoms with Gasteiger partial charge in [0.05, 0.1) is 16.2 Å². The molecule has 20 heavy (non-hydrogen) atoms. The summed E-state index contributed by atoms with van der Waals surface area (Å²) < 4.78 is 5.73. The molecule has 1 aromatic carbocycles. The average molecular weight is 313 g/mol. The molecular formula is C15H18Cl2N2O. The second-order valence-corrected chi connectivity index (χ2v) is 5.36. The largest absolute Gasteiger partial charge is 0.441 e. The van der Waals surface area contributed by atoms with Gasteiger partial charge in [0.1, 0.15) is 0 Å². The molecule has 0 unspecified atom stereocenters. The van der Waals surface area contributed by atoms with Crippen LogP contribution in [0.5, 0.6) is 0 Å². The monoisotopic (exact) mass is 312 g/mol. The first kappa shape index (κ1) is 15.4. The van der Waals surface area contributed by atoms with Crippen LogP contribution in [-0.4, -0.2) is 18.1 Å². The molecule has 2 aromatic rings. The number of halogens is 2. The van der Waals surface area contributed by atoms with Crippen LogP contribution in [-0.2, 0) is 6.42 Å². The molecule has 0 fully saturated rings. The number of aromatic nitrogens is 1. The van der Waals surface area contributed by atoms with Gasteiger partial charge < -0.3 is 9.73 Å². The molecule has 0 radical (unpaired) electrons. The minimum Gasteiger partial charge on any atom is -0.441 e. The number of hydrogen-bond acceptors (Lipinski definition) is 3. The molecule has 3 nitrogen and oxygen atoms in total. The van der Waals surface area contributed by atoms with E-state index in [0.29, 0.717) is 15.8 Å². The summed E-state index contributed by atoms with van der Waals surface area (Å²) in [5.74, 6) is 1.39. The van der Waals surface area contributed by atoms with Crippen molar-refractivity contribution in [3.05, 3.63) is 40.3 Å². The molecule has 0 aliphatic carbocycles. The van der Waals surface area contributed by atoms with Gasteiger partial charge in [-0.15, -0.1) is 0 Å². The zero-order valence-electron chi connectivity index (χ0n) is 11.5. The second-order valence-electron chi connectivity index (χ2n) is 4.57.